The number of rotatable bonds is 0. The summed E-state index contributed by atoms with van der Waals surface area (Å²) in [5.41, 5.74) is 0. The van der Waals surface area contributed by atoms with Gasteiger partial charge in [-0.25, -0.2) is 0 Å². The van der Waals surface area contributed by atoms with Gasteiger partial charge in [0, 0.05) is 0 Å². The SMILES string of the molecule is N.N.N.N.N.N.N.N.N.N.N.N.O.OB(O)O.OB(O)O.OB(O)O.OB(O)O. The first-order valence-corrected chi connectivity index (χ1v) is 3.10. The normalized spacial score (nSPS) is 3.72. The topological polar surface area (TPSA) is 694 Å². The first-order valence-electron chi connectivity index (χ1n) is 3.10. The second kappa shape index (κ2) is 148. The van der Waals surface area contributed by atoms with Crippen LogP contribution in [-0.2, 0) is 0 Å². The molecule has 50 N–H and O–H groups in total. The van der Waals surface area contributed by atoms with Crippen molar-refractivity contribution in [2.24, 2.45) is 0 Å². The molecule has 0 fully saturated rings. The minimum Gasteiger partial charge on any atom is -0.412 e. The molecule has 0 saturated heterocycles. The molecule has 0 aromatic rings. The highest BCUT2D eigenvalue weighted by Gasteiger charge is 1.93. The van der Waals surface area contributed by atoms with Crippen LogP contribution >= 0.6 is 0 Å². The van der Waals surface area contributed by atoms with Gasteiger partial charge in [0.2, 0.25) is 0 Å². The minimum absolute atomic E-state index is 0. The van der Waals surface area contributed by atoms with Crippen molar-refractivity contribution in [3.8, 4) is 0 Å². The second-order valence-corrected chi connectivity index (χ2v) is 1.39. The van der Waals surface area contributed by atoms with Gasteiger partial charge in [-0.2, -0.15) is 0 Å². The van der Waals surface area contributed by atoms with Crippen molar-refractivity contribution in [2.45, 2.75) is 0 Å². The Morgan fingerprint density at radius 2 is 0.207 bits per heavy atom. The molecule has 0 aliphatic heterocycles. The lowest BCUT2D eigenvalue weighted by Gasteiger charge is -1.69. The van der Waals surface area contributed by atoms with Crippen molar-refractivity contribution < 1.29 is 65.8 Å². The van der Waals surface area contributed by atoms with Crippen molar-refractivity contribution in [3.05, 3.63) is 0 Å². The first kappa shape index (κ1) is 166. The van der Waals surface area contributed by atoms with Crippen LogP contribution < -0.4 is 73.8 Å². The molecule has 200 valence electrons. The van der Waals surface area contributed by atoms with Crippen LogP contribution in [0.2, 0.25) is 0 Å². The molecule has 0 atom stereocenters. The van der Waals surface area contributed by atoms with E-state index in [1.54, 1.807) is 0 Å². The quantitative estimate of drug-likeness (QED) is 0.146. The maximum atomic E-state index is 7.17. The zero-order valence-electron chi connectivity index (χ0n) is 16.7. The van der Waals surface area contributed by atoms with Gasteiger partial charge in [0.1, 0.15) is 0 Å². The Hall–Kier alpha value is -0.740. The zero-order valence-corrected chi connectivity index (χ0v) is 16.7. The summed E-state index contributed by atoms with van der Waals surface area (Å²) in [6.45, 7) is 0. The summed E-state index contributed by atoms with van der Waals surface area (Å²) in [7, 11) is -8.67. The lowest BCUT2D eigenvalue weighted by molar-refractivity contribution is 0.276. The van der Waals surface area contributed by atoms with Crippen LogP contribution in [0.4, 0.5) is 0 Å². The molecule has 0 amide bonds. The minimum atomic E-state index is -2.17. The molecule has 0 unspecified atom stereocenters. The Bertz CT molecular complexity index is 84.8. The zero-order chi connectivity index (χ0) is 14.3. The Balaban J connectivity index is -0.00000000384. The summed E-state index contributed by atoms with van der Waals surface area (Å²) in [5, 5.41) is 86.0. The largest absolute Gasteiger partial charge is 0.631 e. The fourth-order valence-corrected chi connectivity index (χ4v) is 0. The number of hydrogen-bond donors (Lipinski definition) is 24. The van der Waals surface area contributed by atoms with Gasteiger partial charge in [0.05, 0.1) is 0 Å². The average molecular weight is 470 g/mol. The fraction of sp³-hybridized carbons (Fsp3) is 0. The van der Waals surface area contributed by atoms with Crippen LogP contribution in [0, 0.1) is 0 Å². The lowest BCUT2D eigenvalue weighted by Crippen LogP contribution is -2.07. The van der Waals surface area contributed by atoms with Gasteiger partial charge >= 0.3 is 29.3 Å². The van der Waals surface area contributed by atoms with Crippen molar-refractivity contribution in [1.29, 1.82) is 0 Å². The number of hydrogen-bond acceptors (Lipinski definition) is 24. The molecule has 0 radical (unpaired) electrons. The summed E-state index contributed by atoms with van der Waals surface area (Å²) in [5.74, 6) is 0. The molecule has 0 heterocycles. The highest BCUT2D eigenvalue weighted by molar-refractivity contribution is 6.31. The molecule has 0 aromatic heterocycles. The predicted molar refractivity (Wildman–Crippen MR) is 114 cm³/mol. The molecule has 0 aliphatic rings. The van der Waals surface area contributed by atoms with E-state index in [1.165, 1.54) is 0 Å². The van der Waals surface area contributed by atoms with E-state index in [0.717, 1.165) is 0 Å². The van der Waals surface area contributed by atoms with Gasteiger partial charge in [-0.1, -0.05) is 0 Å². The summed E-state index contributed by atoms with van der Waals surface area (Å²) >= 11 is 0. The van der Waals surface area contributed by atoms with Crippen LogP contribution in [0.15, 0.2) is 0 Å². The molecule has 0 saturated carbocycles. The Kier molecular flexibility index (Phi) is 847. The average Bonchev–Trinajstić information content (AvgIpc) is 1.76. The van der Waals surface area contributed by atoms with Crippen molar-refractivity contribution in [2.75, 3.05) is 0 Å². The van der Waals surface area contributed by atoms with Crippen LogP contribution in [0.5, 0.6) is 0 Å². The summed E-state index contributed by atoms with van der Waals surface area (Å²) in [4.78, 5) is 0. The van der Waals surface area contributed by atoms with Gasteiger partial charge in [-0.05, 0) is 0 Å². The van der Waals surface area contributed by atoms with Crippen LogP contribution in [0.25, 0.3) is 0 Å². The molecule has 25 nitrogen and oxygen atoms in total. The highest BCUT2D eigenvalue weighted by atomic mass is 16.5. The smallest absolute Gasteiger partial charge is 0.412 e. The van der Waals surface area contributed by atoms with E-state index < -0.39 is 29.3 Å². The maximum Gasteiger partial charge on any atom is 0.631 e. The monoisotopic (exact) mass is 470 g/mol. The Morgan fingerprint density at radius 3 is 0.207 bits per heavy atom. The van der Waals surface area contributed by atoms with Crippen molar-refractivity contribution in [3.63, 3.8) is 0 Å². The first-order chi connectivity index (χ1) is 6.93. The molecular weight excluding hydrogens is 419 g/mol. The van der Waals surface area contributed by atoms with Crippen LogP contribution in [0.1, 0.15) is 0 Å². The summed E-state index contributed by atoms with van der Waals surface area (Å²) in [6.07, 6.45) is 0. The second-order valence-electron chi connectivity index (χ2n) is 1.39. The van der Waals surface area contributed by atoms with E-state index in [-0.39, 0.29) is 79.3 Å². The molecule has 0 bridgehead atoms. The van der Waals surface area contributed by atoms with E-state index >= 15 is 0 Å². The fourth-order valence-electron chi connectivity index (χ4n) is 0. The third kappa shape index (κ3) is 31700. The third-order valence-corrected chi connectivity index (χ3v) is 0. The maximum absolute atomic E-state index is 7.17. The highest BCUT2D eigenvalue weighted by Crippen LogP contribution is 1.41. The van der Waals surface area contributed by atoms with Crippen molar-refractivity contribution >= 4 is 29.3 Å². The van der Waals surface area contributed by atoms with E-state index in [0.29, 0.717) is 0 Å². The lowest BCUT2D eigenvalue weighted by atomic mass is 10.3. The van der Waals surface area contributed by atoms with Crippen molar-refractivity contribution in [1.82, 2.24) is 73.8 Å². The third-order valence-electron chi connectivity index (χ3n) is 0. The molecule has 0 spiro atoms. The predicted octanol–water partition coefficient (Wildman–Crippen LogP) is -7.09. The molecule has 0 rings (SSSR count). The van der Waals surface area contributed by atoms with Gasteiger partial charge in [0.25, 0.3) is 0 Å². The van der Waals surface area contributed by atoms with Gasteiger partial charge in [-0.15, -0.1) is 0 Å². The van der Waals surface area contributed by atoms with E-state index in [2.05, 4.69) is 0 Å². The van der Waals surface area contributed by atoms with Gasteiger partial charge in [0.15, 0.2) is 0 Å². The molecule has 29 heteroatoms. The van der Waals surface area contributed by atoms with Gasteiger partial charge in [-0.3, -0.25) is 0 Å². The molecule has 0 aliphatic carbocycles. The molecular formula is H50B4N12O13. The summed E-state index contributed by atoms with van der Waals surface area (Å²) < 4.78 is 0. The molecule has 0 aromatic carbocycles. The molecule has 29 heavy (non-hydrogen) atoms. The van der Waals surface area contributed by atoms with Crippen LogP contribution in [-0.4, -0.2) is 95.0 Å². The van der Waals surface area contributed by atoms with Crippen LogP contribution in [0.3, 0.4) is 0 Å². The van der Waals surface area contributed by atoms with Gasteiger partial charge < -0.3 is 140 Å². The Morgan fingerprint density at radius 1 is 0.207 bits per heavy atom. The van der Waals surface area contributed by atoms with E-state index in [1.807, 2.05) is 0 Å². The Labute approximate surface area is 170 Å². The standard InChI is InChI=1S/4BH3O3.12H3N.H2O/c4*2-1(3)4;;;;;;;;;;;;;/h4*2-4H;12*1H3;1H2. The van der Waals surface area contributed by atoms with E-state index in [9.17, 15) is 0 Å². The summed E-state index contributed by atoms with van der Waals surface area (Å²) in [6, 6.07) is 0. The van der Waals surface area contributed by atoms with E-state index in [4.69, 9.17) is 60.3 Å².